The van der Waals surface area contributed by atoms with Crippen LogP contribution in [0.1, 0.15) is 13.3 Å². The molecule has 1 aliphatic rings. The molecule has 1 aromatic rings. The first-order valence-corrected chi connectivity index (χ1v) is 6.42. The van der Waals surface area contributed by atoms with Gasteiger partial charge in [-0.3, -0.25) is 9.59 Å². The van der Waals surface area contributed by atoms with Gasteiger partial charge in [-0.1, -0.05) is 25.1 Å². The summed E-state index contributed by atoms with van der Waals surface area (Å²) in [4.78, 5) is 23.4. The van der Waals surface area contributed by atoms with Crippen molar-refractivity contribution in [1.29, 1.82) is 0 Å². The summed E-state index contributed by atoms with van der Waals surface area (Å²) in [6.45, 7) is 2.55. The number of hydrogen-bond acceptors (Lipinski definition) is 3. The van der Waals surface area contributed by atoms with Crippen molar-refractivity contribution in [1.82, 2.24) is 10.6 Å². The second kappa shape index (κ2) is 6.22. The zero-order valence-corrected chi connectivity index (χ0v) is 10.9. The Kier molecular flexibility index (Phi) is 4.39. The van der Waals surface area contributed by atoms with Gasteiger partial charge >= 0.3 is 0 Å². The lowest BCUT2D eigenvalue weighted by Crippen LogP contribution is -2.55. The summed E-state index contributed by atoms with van der Waals surface area (Å²) in [5.74, 6) is 0.387. The standard InChI is InChI=1S/C14H18N2O3/c1-10-7-8-15-14(18)13(10)16-12(17)9-19-11-5-3-2-4-6-11/h2-6,10,13H,7-9H2,1H3,(H,15,18)(H,16,17)/t10-,13-/m1/s1. The number of nitrogens with one attached hydrogen (secondary N) is 2. The van der Waals surface area contributed by atoms with Crippen molar-refractivity contribution in [3.8, 4) is 5.75 Å². The molecule has 19 heavy (non-hydrogen) atoms. The highest BCUT2D eigenvalue weighted by molar-refractivity contribution is 5.88. The largest absolute Gasteiger partial charge is 0.484 e. The van der Waals surface area contributed by atoms with Gasteiger partial charge < -0.3 is 15.4 Å². The summed E-state index contributed by atoms with van der Waals surface area (Å²) in [6.07, 6.45) is 0.871. The number of rotatable bonds is 4. The van der Waals surface area contributed by atoms with Gasteiger partial charge in [0.05, 0.1) is 0 Å². The van der Waals surface area contributed by atoms with E-state index in [-0.39, 0.29) is 24.3 Å². The Bertz CT molecular complexity index is 447. The average Bonchev–Trinajstić information content (AvgIpc) is 2.42. The fraction of sp³-hybridized carbons (Fsp3) is 0.429. The van der Waals surface area contributed by atoms with Gasteiger partial charge in [0.15, 0.2) is 6.61 Å². The van der Waals surface area contributed by atoms with Gasteiger partial charge in [-0.25, -0.2) is 0 Å². The second-order valence-corrected chi connectivity index (χ2v) is 4.70. The monoisotopic (exact) mass is 262 g/mol. The van der Waals surface area contributed by atoms with Crippen molar-refractivity contribution in [2.45, 2.75) is 19.4 Å². The van der Waals surface area contributed by atoms with Crippen molar-refractivity contribution in [2.75, 3.05) is 13.2 Å². The number of carbonyl (C=O) groups excluding carboxylic acids is 2. The van der Waals surface area contributed by atoms with Crippen LogP contribution in [0, 0.1) is 5.92 Å². The van der Waals surface area contributed by atoms with Gasteiger partial charge in [0, 0.05) is 6.54 Å². The highest BCUT2D eigenvalue weighted by Gasteiger charge is 2.29. The molecule has 2 rings (SSSR count). The van der Waals surface area contributed by atoms with Crippen LogP contribution in [0.15, 0.2) is 30.3 Å². The van der Waals surface area contributed by atoms with Crippen molar-refractivity contribution < 1.29 is 14.3 Å². The molecule has 0 saturated carbocycles. The van der Waals surface area contributed by atoms with E-state index < -0.39 is 6.04 Å². The molecule has 0 bridgehead atoms. The minimum absolute atomic E-state index is 0.0828. The topological polar surface area (TPSA) is 67.4 Å². The lowest BCUT2D eigenvalue weighted by atomic mass is 9.94. The summed E-state index contributed by atoms with van der Waals surface area (Å²) < 4.78 is 5.34. The smallest absolute Gasteiger partial charge is 0.258 e. The zero-order valence-electron chi connectivity index (χ0n) is 10.9. The van der Waals surface area contributed by atoms with Crippen LogP contribution in [-0.2, 0) is 9.59 Å². The SMILES string of the molecule is C[C@@H]1CCNC(=O)[C@@H]1NC(=O)COc1ccccc1. The van der Waals surface area contributed by atoms with Crippen molar-refractivity contribution in [2.24, 2.45) is 5.92 Å². The number of amides is 2. The van der Waals surface area contributed by atoms with Gasteiger partial charge in [0.2, 0.25) is 5.91 Å². The van der Waals surface area contributed by atoms with Crippen LogP contribution in [-0.4, -0.2) is 31.0 Å². The molecular weight excluding hydrogens is 244 g/mol. The molecule has 0 unspecified atom stereocenters. The van der Waals surface area contributed by atoms with Crippen LogP contribution < -0.4 is 15.4 Å². The Labute approximate surface area is 112 Å². The highest BCUT2D eigenvalue weighted by atomic mass is 16.5. The van der Waals surface area contributed by atoms with Crippen molar-refractivity contribution in [3.63, 3.8) is 0 Å². The third-order valence-corrected chi connectivity index (χ3v) is 3.18. The van der Waals surface area contributed by atoms with E-state index in [0.717, 1.165) is 6.42 Å². The zero-order chi connectivity index (χ0) is 13.7. The van der Waals surface area contributed by atoms with Crippen LogP contribution in [0.5, 0.6) is 5.75 Å². The minimum Gasteiger partial charge on any atom is -0.484 e. The molecule has 1 aromatic carbocycles. The molecule has 0 aliphatic carbocycles. The quantitative estimate of drug-likeness (QED) is 0.839. The number of benzene rings is 1. The summed E-state index contributed by atoms with van der Waals surface area (Å²) in [5, 5.41) is 5.46. The molecule has 2 amide bonds. The molecule has 0 spiro atoms. The number of carbonyl (C=O) groups is 2. The van der Waals surface area contributed by atoms with Crippen LogP contribution in [0.3, 0.4) is 0 Å². The molecular formula is C14H18N2O3. The molecule has 1 fully saturated rings. The van der Waals surface area contributed by atoms with E-state index in [4.69, 9.17) is 4.74 Å². The van der Waals surface area contributed by atoms with E-state index in [1.54, 1.807) is 12.1 Å². The Morgan fingerprint density at radius 1 is 1.42 bits per heavy atom. The van der Waals surface area contributed by atoms with Gasteiger partial charge in [0.25, 0.3) is 5.91 Å². The maximum absolute atomic E-state index is 11.8. The van der Waals surface area contributed by atoms with E-state index in [9.17, 15) is 9.59 Å². The molecule has 2 atom stereocenters. The Morgan fingerprint density at radius 3 is 2.84 bits per heavy atom. The predicted molar refractivity (Wildman–Crippen MR) is 70.7 cm³/mol. The fourth-order valence-corrected chi connectivity index (χ4v) is 2.05. The Balaban J connectivity index is 1.82. The molecule has 0 radical (unpaired) electrons. The molecule has 5 nitrogen and oxygen atoms in total. The third-order valence-electron chi connectivity index (χ3n) is 3.18. The molecule has 1 aliphatic heterocycles. The molecule has 102 valence electrons. The average molecular weight is 262 g/mol. The van der Waals surface area contributed by atoms with E-state index in [0.29, 0.717) is 12.3 Å². The van der Waals surface area contributed by atoms with Crippen LogP contribution in [0.2, 0.25) is 0 Å². The maximum atomic E-state index is 11.8. The first-order chi connectivity index (χ1) is 9.16. The Morgan fingerprint density at radius 2 is 2.16 bits per heavy atom. The normalized spacial score (nSPS) is 22.5. The van der Waals surface area contributed by atoms with Crippen LogP contribution in [0.25, 0.3) is 0 Å². The molecule has 0 aromatic heterocycles. The van der Waals surface area contributed by atoms with Gasteiger partial charge in [-0.2, -0.15) is 0 Å². The Hall–Kier alpha value is -2.04. The molecule has 2 N–H and O–H groups in total. The number of para-hydroxylation sites is 1. The number of piperidine rings is 1. The van der Waals surface area contributed by atoms with Crippen LogP contribution in [0.4, 0.5) is 0 Å². The predicted octanol–water partition coefficient (Wildman–Crippen LogP) is 0.706. The highest BCUT2D eigenvalue weighted by Crippen LogP contribution is 2.12. The van der Waals surface area contributed by atoms with Gasteiger partial charge in [-0.05, 0) is 24.5 Å². The lowest BCUT2D eigenvalue weighted by molar-refractivity contribution is -0.132. The van der Waals surface area contributed by atoms with Gasteiger partial charge in [0.1, 0.15) is 11.8 Å². The maximum Gasteiger partial charge on any atom is 0.258 e. The second-order valence-electron chi connectivity index (χ2n) is 4.70. The van der Waals surface area contributed by atoms with Crippen molar-refractivity contribution in [3.05, 3.63) is 30.3 Å². The number of ether oxygens (including phenoxy) is 1. The van der Waals surface area contributed by atoms with Crippen LogP contribution >= 0.6 is 0 Å². The van der Waals surface area contributed by atoms with E-state index in [1.165, 1.54) is 0 Å². The summed E-state index contributed by atoms with van der Waals surface area (Å²) in [6, 6.07) is 8.65. The van der Waals surface area contributed by atoms with Crippen molar-refractivity contribution >= 4 is 11.8 Å². The summed E-state index contributed by atoms with van der Waals surface area (Å²) >= 11 is 0. The molecule has 1 saturated heterocycles. The molecule has 5 heteroatoms. The molecule has 1 heterocycles. The fourth-order valence-electron chi connectivity index (χ4n) is 2.05. The van der Waals surface area contributed by atoms with E-state index in [1.807, 2.05) is 25.1 Å². The van der Waals surface area contributed by atoms with E-state index >= 15 is 0 Å². The summed E-state index contributed by atoms with van der Waals surface area (Å²) in [7, 11) is 0. The lowest BCUT2D eigenvalue weighted by Gasteiger charge is -2.28. The number of hydrogen-bond donors (Lipinski definition) is 2. The first-order valence-electron chi connectivity index (χ1n) is 6.42. The van der Waals surface area contributed by atoms with Gasteiger partial charge in [-0.15, -0.1) is 0 Å². The first kappa shape index (κ1) is 13.4. The summed E-state index contributed by atoms with van der Waals surface area (Å²) in [5.41, 5.74) is 0. The third kappa shape index (κ3) is 3.71. The van der Waals surface area contributed by atoms with E-state index in [2.05, 4.69) is 10.6 Å². The minimum atomic E-state index is -0.458.